The lowest BCUT2D eigenvalue weighted by atomic mass is 9.88. The minimum absolute atomic E-state index is 0.139. The van der Waals surface area contributed by atoms with E-state index in [9.17, 15) is 14.9 Å². The fraction of sp³-hybridized carbons (Fsp3) is 0.448. The third-order valence-electron chi connectivity index (χ3n) is 7.50. The minimum atomic E-state index is -0.436. The summed E-state index contributed by atoms with van der Waals surface area (Å²) in [5, 5.41) is 19.7. The third kappa shape index (κ3) is 4.78. The monoisotopic (exact) mass is 518 g/mol. The molecule has 1 fully saturated rings. The predicted molar refractivity (Wildman–Crippen MR) is 145 cm³/mol. The number of nitrogens with one attached hydrogen (secondary N) is 1. The average molecular weight is 519 g/mol. The van der Waals surface area contributed by atoms with Crippen molar-refractivity contribution in [2.45, 2.75) is 78.6 Å². The Morgan fingerprint density at radius 2 is 2.03 bits per heavy atom. The van der Waals surface area contributed by atoms with E-state index in [1.54, 1.807) is 13.1 Å². The summed E-state index contributed by atoms with van der Waals surface area (Å²) in [6.07, 6.45) is 5.51. The number of rotatable bonds is 6. The van der Waals surface area contributed by atoms with Crippen molar-refractivity contribution in [3.63, 3.8) is 0 Å². The number of nitrogens with zero attached hydrogens (tertiary/aromatic N) is 3. The average Bonchev–Trinajstić information content (AvgIpc) is 3.47. The normalized spacial score (nSPS) is 18.1. The number of hydrogen-bond acceptors (Lipinski definition) is 6. The highest BCUT2D eigenvalue weighted by Crippen LogP contribution is 2.46. The molecule has 0 bridgehead atoms. The summed E-state index contributed by atoms with van der Waals surface area (Å²) in [5.74, 6) is 0.555. The van der Waals surface area contributed by atoms with E-state index < -0.39 is 5.60 Å². The Bertz CT molecular complexity index is 1420. The molecule has 1 unspecified atom stereocenters. The predicted octanol–water partition coefficient (Wildman–Crippen LogP) is 6.04. The van der Waals surface area contributed by atoms with Crippen LogP contribution in [0.2, 0.25) is 0 Å². The number of hydrogen-bond donors (Lipinski definition) is 1. The van der Waals surface area contributed by atoms with Crippen LogP contribution in [0.25, 0.3) is 11.3 Å². The van der Waals surface area contributed by atoms with E-state index in [-0.39, 0.29) is 22.7 Å². The molecule has 9 heteroatoms. The second-order valence-electron chi connectivity index (χ2n) is 10.9. The molecule has 3 heterocycles. The molecule has 0 radical (unpaired) electrons. The van der Waals surface area contributed by atoms with Crippen LogP contribution in [-0.4, -0.2) is 32.8 Å². The van der Waals surface area contributed by atoms with Crippen molar-refractivity contribution >= 4 is 17.3 Å². The number of nitro benzene ring substituents is 1. The zero-order valence-corrected chi connectivity index (χ0v) is 22.6. The molecule has 3 aromatic rings. The third-order valence-corrected chi connectivity index (χ3v) is 7.50. The molecule has 0 saturated carbocycles. The first-order valence-electron chi connectivity index (χ1n) is 13.1. The van der Waals surface area contributed by atoms with E-state index in [1.165, 1.54) is 6.92 Å². The maximum Gasteiger partial charge on any atom is 0.276 e. The highest BCUT2D eigenvalue weighted by atomic mass is 16.6. The molecule has 2 aliphatic heterocycles. The van der Waals surface area contributed by atoms with Crippen LogP contribution in [0.5, 0.6) is 5.75 Å². The molecule has 5 rings (SSSR count). The van der Waals surface area contributed by atoms with E-state index in [1.807, 2.05) is 49.7 Å². The summed E-state index contributed by atoms with van der Waals surface area (Å²) in [6.45, 7) is 9.83. The number of nitro groups is 1. The van der Waals surface area contributed by atoms with Crippen molar-refractivity contribution in [3.05, 3.63) is 68.4 Å². The molecule has 200 valence electrons. The smallest absolute Gasteiger partial charge is 0.276 e. The van der Waals surface area contributed by atoms with Gasteiger partial charge in [-0.1, -0.05) is 12.1 Å². The van der Waals surface area contributed by atoms with Crippen LogP contribution in [0.3, 0.4) is 0 Å². The van der Waals surface area contributed by atoms with Crippen molar-refractivity contribution in [1.82, 2.24) is 9.78 Å². The largest absolute Gasteiger partial charge is 0.487 e. The van der Waals surface area contributed by atoms with E-state index in [0.717, 1.165) is 53.0 Å². The van der Waals surface area contributed by atoms with Gasteiger partial charge in [-0.15, -0.1) is 0 Å². The number of aromatic nitrogens is 2. The molecule has 38 heavy (non-hydrogen) atoms. The lowest BCUT2D eigenvalue weighted by Crippen LogP contribution is -2.25. The van der Waals surface area contributed by atoms with Gasteiger partial charge < -0.3 is 14.8 Å². The summed E-state index contributed by atoms with van der Waals surface area (Å²) < 4.78 is 14.1. The van der Waals surface area contributed by atoms with Gasteiger partial charge in [0.1, 0.15) is 11.4 Å². The van der Waals surface area contributed by atoms with Crippen LogP contribution in [0.4, 0.5) is 11.4 Å². The summed E-state index contributed by atoms with van der Waals surface area (Å²) in [5.41, 5.74) is 5.85. The Kier molecular flexibility index (Phi) is 6.73. The Morgan fingerprint density at radius 3 is 2.71 bits per heavy atom. The van der Waals surface area contributed by atoms with E-state index >= 15 is 0 Å². The van der Waals surface area contributed by atoms with Crippen LogP contribution in [0.15, 0.2) is 30.5 Å². The van der Waals surface area contributed by atoms with Gasteiger partial charge in [-0.05, 0) is 64.7 Å². The van der Waals surface area contributed by atoms with Crippen LogP contribution < -0.4 is 10.1 Å². The summed E-state index contributed by atoms with van der Waals surface area (Å²) in [4.78, 5) is 24.1. The topological polar surface area (TPSA) is 109 Å². The van der Waals surface area contributed by atoms with E-state index in [0.29, 0.717) is 36.3 Å². The highest BCUT2D eigenvalue weighted by molar-refractivity contribution is 5.94. The van der Waals surface area contributed by atoms with Crippen LogP contribution in [0, 0.1) is 24.0 Å². The van der Waals surface area contributed by atoms with Gasteiger partial charge in [-0.3, -0.25) is 14.9 Å². The molecule has 0 spiro atoms. The zero-order valence-electron chi connectivity index (χ0n) is 22.6. The van der Waals surface area contributed by atoms with Gasteiger partial charge >= 0.3 is 0 Å². The standard InChI is InChI=1S/C29H34N4O5/c1-17-18(2)28-23(16-29(4,5)38-28)22(27(17)33(35)36)14-20-9-10-21(24(15-20)31-19(3)34)25-11-12-30-32(25)26-8-6-7-13-37-26/h9-12,15,26H,6-8,13-14,16H2,1-5H3,(H,31,34). The molecule has 2 aromatic carbocycles. The van der Waals surface area contributed by atoms with Crippen LogP contribution in [-0.2, 0) is 22.4 Å². The number of carbonyl (C=O) groups excluding carboxylic acids is 1. The van der Waals surface area contributed by atoms with Gasteiger partial charge in [-0.25, -0.2) is 4.68 Å². The number of benzene rings is 2. The van der Waals surface area contributed by atoms with Gasteiger partial charge in [0.25, 0.3) is 5.69 Å². The number of fused-ring (bicyclic) bond motifs is 1. The van der Waals surface area contributed by atoms with Crippen molar-refractivity contribution in [3.8, 4) is 17.0 Å². The van der Waals surface area contributed by atoms with Crippen molar-refractivity contribution in [2.75, 3.05) is 11.9 Å². The van der Waals surface area contributed by atoms with Gasteiger partial charge in [0.15, 0.2) is 6.23 Å². The lowest BCUT2D eigenvalue weighted by molar-refractivity contribution is -0.386. The highest BCUT2D eigenvalue weighted by Gasteiger charge is 2.38. The van der Waals surface area contributed by atoms with Crippen molar-refractivity contribution < 1.29 is 19.2 Å². The maximum atomic E-state index is 12.2. The van der Waals surface area contributed by atoms with Crippen LogP contribution in [0.1, 0.15) is 74.1 Å². The second kappa shape index (κ2) is 9.87. The molecule has 9 nitrogen and oxygen atoms in total. The van der Waals surface area contributed by atoms with Gasteiger partial charge in [0.2, 0.25) is 5.91 Å². The maximum absolute atomic E-state index is 12.2. The number of ether oxygens (including phenoxy) is 2. The fourth-order valence-corrected chi connectivity index (χ4v) is 5.68. The SMILES string of the molecule is CC(=O)Nc1cc(Cc2c3c(c(C)c(C)c2[N+](=O)[O-])OC(C)(C)C3)ccc1-c1ccnn1C1CCCCO1. The summed E-state index contributed by atoms with van der Waals surface area (Å²) in [7, 11) is 0. The molecular formula is C29H34N4O5. The first kappa shape index (κ1) is 25.9. The zero-order chi connectivity index (χ0) is 27.2. The van der Waals surface area contributed by atoms with Gasteiger partial charge in [0, 0.05) is 60.4 Å². The molecule has 1 N–H and O–H groups in total. The minimum Gasteiger partial charge on any atom is -0.487 e. The summed E-state index contributed by atoms with van der Waals surface area (Å²) in [6, 6.07) is 7.73. The van der Waals surface area contributed by atoms with Gasteiger partial charge in [-0.2, -0.15) is 5.10 Å². The first-order chi connectivity index (χ1) is 18.1. The number of carbonyl (C=O) groups is 1. The Labute approximate surface area is 222 Å². The van der Waals surface area contributed by atoms with Crippen LogP contribution >= 0.6 is 0 Å². The Hall–Kier alpha value is -3.72. The number of anilines is 1. The molecule has 0 aliphatic carbocycles. The molecule has 1 amide bonds. The second-order valence-corrected chi connectivity index (χ2v) is 10.9. The lowest BCUT2D eigenvalue weighted by Gasteiger charge is -2.25. The van der Waals surface area contributed by atoms with Crippen molar-refractivity contribution in [2.24, 2.45) is 0 Å². The van der Waals surface area contributed by atoms with Gasteiger partial charge in [0.05, 0.1) is 16.3 Å². The van der Waals surface area contributed by atoms with Crippen molar-refractivity contribution in [1.29, 1.82) is 0 Å². The fourth-order valence-electron chi connectivity index (χ4n) is 5.68. The van der Waals surface area contributed by atoms with E-state index in [2.05, 4.69) is 10.4 Å². The molecule has 1 atom stereocenters. The number of amides is 1. The molecular weight excluding hydrogens is 484 g/mol. The first-order valence-corrected chi connectivity index (χ1v) is 13.1. The molecule has 1 saturated heterocycles. The summed E-state index contributed by atoms with van der Waals surface area (Å²) >= 11 is 0. The quantitative estimate of drug-likeness (QED) is 0.315. The molecule has 2 aliphatic rings. The Morgan fingerprint density at radius 1 is 1.24 bits per heavy atom. The Balaban J connectivity index is 1.59. The molecule has 1 aromatic heterocycles. The van der Waals surface area contributed by atoms with E-state index in [4.69, 9.17) is 9.47 Å².